The van der Waals surface area contributed by atoms with Gasteiger partial charge in [-0.15, -0.1) is 0 Å². The minimum absolute atomic E-state index is 0.261. The normalized spacial score (nSPS) is 40.6. The summed E-state index contributed by atoms with van der Waals surface area (Å²) < 4.78 is 0. The number of hydrogen-bond acceptors (Lipinski definition) is 6. The van der Waals surface area contributed by atoms with E-state index in [1.54, 1.807) is 0 Å². The Kier molecular flexibility index (Phi) is 6.49. The van der Waals surface area contributed by atoms with E-state index in [1.807, 2.05) is 0 Å². The van der Waals surface area contributed by atoms with Gasteiger partial charge in [0.15, 0.2) is 0 Å². The first-order valence-corrected chi connectivity index (χ1v) is 11.1. The van der Waals surface area contributed by atoms with Gasteiger partial charge in [-0.25, -0.2) is 0 Å². The van der Waals surface area contributed by atoms with Gasteiger partial charge in [0.2, 0.25) is 0 Å². The monoisotopic (exact) mass is 365 g/mol. The van der Waals surface area contributed by atoms with Gasteiger partial charge in [0.05, 0.1) is 12.3 Å². The Bertz CT molecular complexity index is 438. The third-order valence-corrected chi connectivity index (χ3v) is 7.43. The molecule has 26 heavy (non-hydrogen) atoms. The van der Waals surface area contributed by atoms with Crippen molar-refractivity contribution >= 4 is 0 Å². The van der Waals surface area contributed by atoms with E-state index in [0.29, 0.717) is 12.3 Å². The zero-order valence-corrected chi connectivity index (χ0v) is 16.8. The van der Waals surface area contributed by atoms with Crippen LogP contribution in [0.4, 0.5) is 0 Å². The van der Waals surface area contributed by atoms with Crippen LogP contribution in [0.5, 0.6) is 0 Å². The topological polar surface area (TPSA) is 51.8 Å². The van der Waals surface area contributed by atoms with Crippen LogP contribution >= 0.6 is 0 Å². The van der Waals surface area contributed by atoms with Gasteiger partial charge in [0.25, 0.3) is 0 Å². The number of nitrogens with one attached hydrogen (secondary N) is 3. The fraction of sp³-hybridized carbons (Fsp3) is 1.00. The molecule has 0 aromatic rings. The minimum atomic E-state index is 0.261. The van der Waals surface area contributed by atoms with Crippen molar-refractivity contribution in [1.29, 1.82) is 0 Å². The molecule has 0 amide bonds. The van der Waals surface area contributed by atoms with E-state index < -0.39 is 0 Å². The molecule has 2 saturated heterocycles. The largest absolute Gasteiger partial charge is 0.300 e. The second kappa shape index (κ2) is 8.84. The molecule has 4 fully saturated rings. The van der Waals surface area contributed by atoms with Gasteiger partial charge in [-0.05, 0) is 70.5 Å². The molecule has 4 rings (SSSR count). The molecule has 3 atom stereocenters. The third kappa shape index (κ3) is 4.42. The molecule has 6 nitrogen and oxygen atoms in total. The van der Waals surface area contributed by atoms with E-state index in [0.717, 1.165) is 24.3 Å². The molecule has 3 unspecified atom stereocenters. The number of hydroxylamine groups is 1. The Balaban J connectivity index is 1.16. The third-order valence-electron chi connectivity index (χ3n) is 7.43. The summed E-state index contributed by atoms with van der Waals surface area (Å²) in [6, 6.07) is 0. The SMILES string of the molecule is CCN1CCN(C)C(NCC2CCC(C3NOC(C4CCC4)N3)CC2)C1. The molecule has 0 aromatic heterocycles. The van der Waals surface area contributed by atoms with Crippen molar-refractivity contribution in [3.63, 3.8) is 0 Å². The Morgan fingerprint density at radius 3 is 2.54 bits per heavy atom. The zero-order valence-electron chi connectivity index (χ0n) is 16.8. The highest BCUT2D eigenvalue weighted by Crippen LogP contribution is 2.35. The summed E-state index contributed by atoms with van der Waals surface area (Å²) in [7, 11) is 2.26. The maximum absolute atomic E-state index is 5.83. The fourth-order valence-electron chi connectivity index (χ4n) is 5.07. The molecule has 2 aliphatic carbocycles. The van der Waals surface area contributed by atoms with Crippen molar-refractivity contribution in [1.82, 2.24) is 25.9 Å². The highest BCUT2D eigenvalue weighted by atomic mass is 16.7. The molecule has 2 aliphatic heterocycles. The lowest BCUT2D eigenvalue weighted by atomic mass is 9.80. The Morgan fingerprint density at radius 2 is 1.85 bits per heavy atom. The van der Waals surface area contributed by atoms with E-state index >= 15 is 0 Å². The number of rotatable bonds is 6. The quantitative estimate of drug-likeness (QED) is 0.664. The summed E-state index contributed by atoms with van der Waals surface area (Å²) in [6.07, 6.45) is 10.5. The van der Waals surface area contributed by atoms with Gasteiger partial charge >= 0.3 is 0 Å². The maximum Gasteiger partial charge on any atom is 0.133 e. The summed E-state index contributed by atoms with van der Waals surface area (Å²) in [5, 5.41) is 7.57. The molecule has 0 bridgehead atoms. The summed E-state index contributed by atoms with van der Waals surface area (Å²) >= 11 is 0. The highest BCUT2D eigenvalue weighted by molar-refractivity contribution is 4.87. The van der Waals surface area contributed by atoms with Crippen LogP contribution in [0.15, 0.2) is 0 Å². The standard InChI is InChI=1S/C20H39N5O/c1-3-25-12-11-24(2)18(14-25)21-13-15-7-9-16(10-8-15)19-22-20(26-23-19)17-5-4-6-17/h15-23H,3-14H2,1-2H3. The molecule has 0 aromatic carbocycles. The predicted molar refractivity (Wildman–Crippen MR) is 104 cm³/mol. The van der Waals surface area contributed by atoms with Crippen LogP contribution in [0.2, 0.25) is 0 Å². The zero-order chi connectivity index (χ0) is 17.9. The van der Waals surface area contributed by atoms with Crippen LogP contribution in [0, 0.1) is 17.8 Å². The second-order valence-corrected chi connectivity index (χ2v) is 9.07. The summed E-state index contributed by atoms with van der Waals surface area (Å²) in [5.41, 5.74) is 3.30. The second-order valence-electron chi connectivity index (χ2n) is 9.07. The maximum atomic E-state index is 5.83. The van der Waals surface area contributed by atoms with Gasteiger partial charge in [0, 0.05) is 25.6 Å². The van der Waals surface area contributed by atoms with Gasteiger partial charge in [0.1, 0.15) is 6.23 Å². The van der Waals surface area contributed by atoms with Gasteiger partial charge < -0.3 is 5.32 Å². The lowest BCUT2D eigenvalue weighted by Crippen LogP contribution is -2.58. The number of likely N-dealkylation sites (N-methyl/N-ethyl adjacent to an activating group) is 2. The fourth-order valence-corrected chi connectivity index (χ4v) is 5.07. The van der Waals surface area contributed by atoms with Gasteiger partial charge in [-0.1, -0.05) is 13.3 Å². The van der Waals surface area contributed by atoms with Crippen molar-refractivity contribution in [2.24, 2.45) is 17.8 Å². The summed E-state index contributed by atoms with van der Waals surface area (Å²) in [6.45, 7) is 8.17. The molecular weight excluding hydrogens is 326 g/mol. The van der Waals surface area contributed by atoms with E-state index in [-0.39, 0.29) is 6.23 Å². The molecule has 6 heteroatoms. The molecule has 0 spiro atoms. The molecule has 150 valence electrons. The minimum Gasteiger partial charge on any atom is -0.300 e. The van der Waals surface area contributed by atoms with Crippen molar-refractivity contribution in [3.05, 3.63) is 0 Å². The average molecular weight is 366 g/mol. The molecule has 4 aliphatic rings. The Hall–Kier alpha value is -0.240. The van der Waals surface area contributed by atoms with Crippen LogP contribution in [-0.2, 0) is 4.84 Å². The van der Waals surface area contributed by atoms with E-state index in [9.17, 15) is 0 Å². The first kappa shape index (κ1) is 19.1. The van der Waals surface area contributed by atoms with Crippen LogP contribution < -0.4 is 16.1 Å². The molecular formula is C20H39N5O. The van der Waals surface area contributed by atoms with Crippen LogP contribution in [0.3, 0.4) is 0 Å². The van der Waals surface area contributed by atoms with Crippen molar-refractivity contribution in [3.8, 4) is 0 Å². The lowest BCUT2D eigenvalue weighted by molar-refractivity contribution is -0.0343. The molecule has 2 saturated carbocycles. The molecule has 2 heterocycles. The van der Waals surface area contributed by atoms with E-state index in [4.69, 9.17) is 4.84 Å². The molecule has 3 N–H and O–H groups in total. The molecule has 0 radical (unpaired) electrons. The smallest absolute Gasteiger partial charge is 0.133 e. The predicted octanol–water partition coefficient (Wildman–Crippen LogP) is 1.55. The first-order chi connectivity index (χ1) is 12.7. The van der Waals surface area contributed by atoms with Gasteiger partial charge in [-0.2, -0.15) is 5.48 Å². The van der Waals surface area contributed by atoms with Gasteiger partial charge in [-0.3, -0.25) is 20.0 Å². The van der Waals surface area contributed by atoms with E-state index in [1.165, 1.54) is 71.1 Å². The summed E-state index contributed by atoms with van der Waals surface area (Å²) in [4.78, 5) is 10.9. The summed E-state index contributed by atoms with van der Waals surface area (Å²) in [5.74, 6) is 2.30. The number of nitrogens with zero attached hydrogens (tertiary/aromatic N) is 2. The lowest BCUT2D eigenvalue weighted by Gasteiger charge is -2.40. The van der Waals surface area contributed by atoms with Crippen molar-refractivity contribution in [2.75, 3.05) is 39.8 Å². The average Bonchev–Trinajstić information content (AvgIpc) is 3.09. The van der Waals surface area contributed by atoms with Crippen LogP contribution in [0.25, 0.3) is 0 Å². The number of hydrogen-bond donors (Lipinski definition) is 3. The van der Waals surface area contributed by atoms with Crippen molar-refractivity contribution < 1.29 is 4.84 Å². The van der Waals surface area contributed by atoms with E-state index in [2.05, 4.69) is 39.9 Å². The number of piperazine rings is 1. The van der Waals surface area contributed by atoms with Crippen LogP contribution in [-0.4, -0.2) is 68.1 Å². The Morgan fingerprint density at radius 1 is 1.04 bits per heavy atom. The highest BCUT2D eigenvalue weighted by Gasteiger charge is 2.38. The van der Waals surface area contributed by atoms with Crippen molar-refractivity contribution in [2.45, 2.75) is 70.4 Å². The first-order valence-electron chi connectivity index (χ1n) is 11.1. The van der Waals surface area contributed by atoms with Crippen LogP contribution in [0.1, 0.15) is 51.9 Å². The Labute approximate surface area is 159 Å².